The van der Waals surface area contributed by atoms with Crippen molar-refractivity contribution in [1.29, 1.82) is 0 Å². The van der Waals surface area contributed by atoms with Gasteiger partial charge in [-0.25, -0.2) is 0 Å². The minimum atomic E-state index is -0.809. The fourth-order valence-electron chi connectivity index (χ4n) is 2.29. The first-order valence-corrected chi connectivity index (χ1v) is 6.78. The van der Waals surface area contributed by atoms with E-state index in [4.69, 9.17) is 9.84 Å². The van der Waals surface area contributed by atoms with Crippen LogP contribution in [-0.2, 0) is 4.79 Å². The van der Waals surface area contributed by atoms with Crippen LogP contribution >= 0.6 is 0 Å². The van der Waals surface area contributed by atoms with Gasteiger partial charge in [-0.1, -0.05) is 19.1 Å². The summed E-state index contributed by atoms with van der Waals surface area (Å²) < 4.78 is 5.45. The summed E-state index contributed by atoms with van der Waals surface area (Å²) in [6, 6.07) is 7.13. The molecule has 1 unspecified atom stereocenters. The average Bonchev–Trinajstić information content (AvgIpc) is 2.37. The quantitative estimate of drug-likeness (QED) is 0.892. The smallest absolute Gasteiger partial charge is 0.306 e. The Bertz CT molecular complexity index is 508. The van der Waals surface area contributed by atoms with Gasteiger partial charge in [0.25, 0.3) is 5.91 Å². The highest BCUT2D eigenvalue weighted by Crippen LogP contribution is 2.28. The van der Waals surface area contributed by atoms with Crippen molar-refractivity contribution in [3.8, 4) is 5.75 Å². The zero-order valence-electron chi connectivity index (χ0n) is 11.7. The average molecular weight is 277 g/mol. The van der Waals surface area contributed by atoms with Crippen LogP contribution in [0.1, 0.15) is 24.2 Å². The minimum absolute atomic E-state index is 0.0377. The van der Waals surface area contributed by atoms with Gasteiger partial charge in [0.2, 0.25) is 0 Å². The van der Waals surface area contributed by atoms with Crippen LogP contribution in [0.15, 0.2) is 24.3 Å². The Labute approximate surface area is 118 Å². The van der Waals surface area contributed by atoms with Crippen LogP contribution in [0, 0.1) is 11.8 Å². The molecular formula is C15H19NO4. The van der Waals surface area contributed by atoms with Crippen molar-refractivity contribution in [2.75, 3.05) is 19.7 Å². The number of para-hydroxylation sites is 1. The van der Waals surface area contributed by atoms with Crippen molar-refractivity contribution in [2.24, 2.45) is 11.8 Å². The third-order valence-corrected chi connectivity index (χ3v) is 3.71. The molecule has 108 valence electrons. The van der Waals surface area contributed by atoms with E-state index in [0.717, 1.165) is 0 Å². The predicted octanol–water partition coefficient (Wildman–Crippen LogP) is 1.88. The van der Waals surface area contributed by atoms with Crippen LogP contribution in [0.4, 0.5) is 0 Å². The molecule has 1 aromatic carbocycles. The lowest BCUT2D eigenvalue weighted by atomic mass is 9.86. The Morgan fingerprint density at radius 3 is 2.65 bits per heavy atom. The molecule has 0 saturated carbocycles. The van der Waals surface area contributed by atoms with E-state index in [-0.39, 0.29) is 11.8 Å². The molecule has 1 fully saturated rings. The summed E-state index contributed by atoms with van der Waals surface area (Å²) in [6.45, 7) is 5.04. The Morgan fingerprint density at radius 2 is 2.05 bits per heavy atom. The Kier molecular flexibility index (Phi) is 4.27. The highest BCUT2D eigenvalue weighted by molar-refractivity contribution is 5.97. The number of rotatable bonds is 5. The molecule has 5 heteroatoms. The van der Waals surface area contributed by atoms with Crippen molar-refractivity contribution in [2.45, 2.75) is 13.8 Å². The number of amides is 1. The predicted molar refractivity (Wildman–Crippen MR) is 73.8 cm³/mol. The molecule has 0 spiro atoms. The highest BCUT2D eigenvalue weighted by Gasteiger charge is 2.38. The van der Waals surface area contributed by atoms with E-state index in [1.807, 2.05) is 13.0 Å². The highest BCUT2D eigenvalue weighted by atomic mass is 16.5. The summed E-state index contributed by atoms with van der Waals surface area (Å²) in [5.74, 6) is -0.702. The Morgan fingerprint density at radius 1 is 1.40 bits per heavy atom. The minimum Gasteiger partial charge on any atom is -0.493 e. The largest absolute Gasteiger partial charge is 0.493 e. The van der Waals surface area contributed by atoms with Crippen LogP contribution in [0.5, 0.6) is 5.75 Å². The van der Waals surface area contributed by atoms with E-state index in [1.165, 1.54) is 0 Å². The number of aliphatic carboxylic acids is 1. The number of hydrogen-bond acceptors (Lipinski definition) is 3. The fraction of sp³-hybridized carbons (Fsp3) is 0.467. The molecule has 1 saturated heterocycles. The van der Waals surface area contributed by atoms with E-state index in [0.29, 0.717) is 31.0 Å². The molecule has 0 radical (unpaired) electrons. The SMILES string of the molecule is CCOc1ccccc1C(=O)N1CC(C(C)C(=O)O)C1. The molecule has 0 aromatic heterocycles. The summed E-state index contributed by atoms with van der Waals surface area (Å²) in [5.41, 5.74) is 0.538. The van der Waals surface area contributed by atoms with E-state index in [1.54, 1.807) is 30.0 Å². The van der Waals surface area contributed by atoms with Gasteiger partial charge in [-0.3, -0.25) is 9.59 Å². The van der Waals surface area contributed by atoms with Crippen LogP contribution < -0.4 is 4.74 Å². The molecule has 1 aromatic rings. The summed E-state index contributed by atoms with van der Waals surface area (Å²) in [7, 11) is 0. The maximum Gasteiger partial charge on any atom is 0.306 e. The van der Waals surface area contributed by atoms with Crippen molar-refractivity contribution in [1.82, 2.24) is 4.90 Å². The number of ether oxygens (including phenoxy) is 1. The van der Waals surface area contributed by atoms with E-state index in [2.05, 4.69) is 0 Å². The van der Waals surface area contributed by atoms with Gasteiger partial charge in [0.1, 0.15) is 5.75 Å². The number of nitrogens with zero attached hydrogens (tertiary/aromatic N) is 1. The summed E-state index contributed by atoms with van der Waals surface area (Å²) in [4.78, 5) is 24.9. The fourth-order valence-corrected chi connectivity index (χ4v) is 2.29. The molecule has 1 heterocycles. The monoisotopic (exact) mass is 277 g/mol. The number of carbonyl (C=O) groups is 2. The van der Waals surface area contributed by atoms with Crippen LogP contribution in [0.25, 0.3) is 0 Å². The topological polar surface area (TPSA) is 66.8 Å². The number of likely N-dealkylation sites (tertiary alicyclic amines) is 1. The first-order valence-electron chi connectivity index (χ1n) is 6.78. The molecule has 1 atom stereocenters. The number of carboxylic acid groups (broad SMARTS) is 1. The third kappa shape index (κ3) is 2.76. The summed E-state index contributed by atoms with van der Waals surface area (Å²) in [5, 5.41) is 8.95. The zero-order chi connectivity index (χ0) is 14.7. The molecule has 0 aliphatic carbocycles. The van der Waals surface area contributed by atoms with Gasteiger partial charge in [-0.05, 0) is 19.1 Å². The second-order valence-electron chi connectivity index (χ2n) is 5.03. The van der Waals surface area contributed by atoms with Crippen LogP contribution in [0.3, 0.4) is 0 Å². The Balaban J connectivity index is 2.02. The molecule has 1 aliphatic heterocycles. The summed E-state index contributed by atoms with van der Waals surface area (Å²) >= 11 is 0. The molecule has 1 N–H and O–H groups in total. The normalized spacial score (nSPS) is 16.4. The van der Waals surface area contributed by atoms with Crippen LogP contribution in [-0.4, -0.2) is 41.6 Å². The first kappa shape index (κ1) is 14.4. The lowest BCUT2D eigenvalue weighted by molar-refractivity contribution is -0.144. The molecule has 1 amide bonds. The first-order chi connectivity index (χ1) is 9.54. The van der Waals surface area contributed by atoms with Gasteiger partial charge in [0.05, 0.1) is 18.1 Å². The summed E-state index contributed by atoms with van der Waals surface area (Å²) in [6.07, 6.45) is 0. The standard InChI is InChI=1S/C15H19NO4/c1-3-20-13-7-5-4-6-12(13)14(17)16-8-11(9-16)10(2)15(18)19/h4-7,10-11H,3,8-9H2,1-2H3,(H,18,19). The van der Waals surface area contributed by atoms with Gasteiger partial charge in [-0.2, -0.15) is 0 Å². The number of benzene rings is 1. The van der Waals surface area contributed by atoms with E-state index < -0.39 is 11.9 Å². The van der Waals surface area contributed by atoms with Crippen molar-refractivity contribution in [3.05, 3.63) is 29.8 Å². The van der Waals surface area contributed by atoms with Gasteiger partial charge < -0.3 is 14.7 Å². The lowest BCUT2D eigenvalue weighted by Crippen LogP contribution is -2.53. The second-order valence-corrected chi connectivity index (χ2v) is 5.03. The van der Waals surface area contributed by atoms with Crippen LogP contribution in [0.2, 0.25) is 0 Å². The van der Waals surface area contributed by atoms with Crippen molar-refractivity contribution in [3.63, 3.8) is 0 Å². The maximum atomic E-state index is 12.4. The number of carbonyl (C=O) groups excluding carboxylic acids is 1. The molecule has 1 aliphatic rings. The second kappa shape index (κ2) is 5.94. The van der Waals surface area contributed by atoms with Gasteiger partial charge in [-0.15, -0.1) is 0 Å². The van der Waals surface area contributed by atoms with Gasteiger partial charge in [0.15, 0.2) is 0 Å². The zero-order valence-corrected chi connectivity index (χ0v) is 11.7. The van der Waals surface area contributed by atoms with Crippen molar-refractivity contribution < 1.29 is 19.4 Å². The maximum absolute atomic E-state index is 12.4. The Hall–Kier alpha value is -2.04. The lowest BCUT2D eigenvalue weighted by Gasteiger charge is -2.41. The number of carboxylic acids is 1. The molecule has 0 bridgehead atoms. The number of hydrogen-bond donors (Lipinski definition) is 1. The van der Waals surface area contributed by atoms with Gasteiger partial charge >= 0.3 is 5.97 Å². The molecule has 5 nitrogen and oxygen atoms in total. The van der Waals surface area contributed by atoms with E-state index in [9.17, 15) is 9.59 Å². The van der Waals surface area contributed by atoms with Crippen molar-refractivity contribution >= 4 is 11.9 Å². The van der Waals surface area contributed by atoms with Gasteiger partial charge in [0, 0.05) is 19.0 Å². The molecule has 20 heavy (non-hydrogen) atoms. The molecule has 2 rings (SSSR count). The molecular weight excluding hydrogens is 258 g/mol. The third-order valence-electron chi connectivity index (χ3n) is 3.71. The van der Waals surface area contributed by atoms with E-state index >= 15 is 0 Å².